The van der Waals surface area contributed by atoms with Crippen LogP contribution in [0, 0.1) is 11.3 Å². The molecule has 25 heavy (non-hydrogen) atoms. The number of ether oxygens (including phenoxy) is 2. The minimum Gasteiger partial charge on any atom is -0.497 e. The molecule has 0 amide bonds. The van der Waals surface area contributed by atoms with E-state index in [1.165, 1.54) is 5.56 Å². The maximum Gasteiger partial charge on any atom is 0.203 e. The molecule has 1 saturated heterocycles. The lowest BCUT2D eigenvalue weighted by Gasteiger charge is -2.17. The lowest BCUT2D eigenvalue weighted by molar-refractivity contribution is 0.316. The maximum absolute atomic E-state index is 8.79. The van der Waals surface area contributed by atoms with Crippen LogP contribution in [0.15, 0.2) is 34.7 Å². The van der Waals surface area contributed by atoms with Crippen molar-refractivity contribution in [2.75, 3.05) is 27.3 Å². The Kier molecular flexibility index (Phi) is 5.59. The van der Waals surface area contributed by atoms with Crippen LogP contribution in [-0.2, 0) is 13.1 Å². The van der Waals surface area contributed by atoms with Crippen LogP contribution in [0.2, 0.25) is 0 Å². The maximum atomic E-state index is 8.79. The van der Waals surface area contributed by atoms with E-state index in [-0.39, 0.29) is 0 Å². The number of benzene rings is 1. The number of nitrogens with one attached hydrogen (secondary N) is 1. The van der Waals surface area contributed by atoms with Crippen LogP contribution >= 0.6 is 0 Å². The highest BCUT2D eigenvalue weighted by molar-refractivity contribution is 5.38. The number of methoxy groups -OCH3 is 2. The van der Waals surface area contributed by atoms with Gasteiger partial charge in [-0.05, 0) is 36.2 Å². The monoisotopic (exact) mass is 341 g/mol. The van der Waals surface area contributed by atoms with Crippen molar-refractivity contribution in [2.24, 2.45) is 0 Å². The Balaban J connectivity index is 1.52. The van der Waals surface area contributed by atoms with Gasteiger partial charge in [0, 0.05) is 31.7 Å². The van der Waals surface area contributed by atoms with Gasteiger partial charge in [-0.3, -0.25) is 4.90 Å². The first-order valence-electron chi connectivity index (χ1n) is 8.36. The van der Waals surface area contributed by atoms with Crippen molar-refractivity contribution in [3.63, 3.8) is 0 Å². The predicted molar refractivity (Wildman–Crippen MR) is 93.5 cm³/mol. The molecule has 0 radical (unpaired) electrons. The lowest BCUT2D eigenvalue weighted by Crippen LogP contribution is -2.31. The summed E-state index contributed by atoms with van der Waals surface area (Å²) in [6, 6.07) is 12.0. The third-order valence-corrected chi connectivity index (χ3v) is 4.43. The van der Waals surface area contributed by atoms with Gasteiger partial charge in [-0.25, -0.2) is 0 Å². The smallest absolute Gasteiger partial charge is 0.203 e. The molecule has 3 rings (SSSR count). The van der Waals surface area contributed by atoms with Crippen LogP contribution < -0.4 is 14.8 Å². The van der Waals surface area contributed by atoms with Crippen molar-refractivity contribution in [1.29, 1.82) is 5.26 Å². The molecular weight excluding hydrogens is 318 g/mol. The molecule has 132 valence electrons. The highest BCUT2D eigenvalue weighted by atomic mass is 16.5. The number of rotatable bonds is 7. The van der Waals surface area contributed by atoms with Crippen molar-refractivity contribution in [1.82, 2.24) is 10.2 Å². The lowest BCUT2D eigenvalue weighted by atomic mass is 10.2. The molecule has 0 saturated carbocycles. The Hall–Kier alpha value is -2.49. The van der Waals surface area contributed by atoms with Gasteiger partial charge in [-0.1, -0.05) is 0 Å². The molecular formula is C19H23N3O3. The SMILES string of the molecule is COc1cc(CN2CCC(NCc3ccc(C#N)o3)C2)cc(OC)c1. The molecule has 2 heterocycles. The first kappa shape index (κ1) is 17.3. The van der Waals surface area contributed by atoms with Gasteiger partial charge in [0.1, 0.15) is 23.3 Å². The summed E-state index contributed by atoms with van der Waals surface area (Å²) in [5.74, 6) is 2.79. The normalized spacial score (nSPS) is 17.4. The average Bonchev–Trinajstić information content (AvgIpc) is 3.28. The minimum atomic E-state index is 0.358. The summed E-state index contributed by atoms with van der Waals surface area (Å²) in [6.45, 7) is 3.53. The fourth-order valence-electron chi connectivity index (χ4n) is 3.14. The number of furan rings is 1. The van der Waals surface area contributed by atoms with Crippen LogP contribution in [0.4, 0.5) is 0 Å². The third-order valence-electron chi connectivity index (χ3n) is 4.43. The third kappa shape index (κ3) is 4.53. The summed E-state index contributed by atoms with van der Waals surface area (Å²) in [4.78, 5) is 2.41. The molecule has 1 N–H and O–H groups in total. The Morgan fingerprint density at radius 3 is 2.64 bits per heavy atom. The Labute approximate surface area is 147 Å². The van der Waals surface area contributed by atoms with Gasteiger partial charge >= 0.3 is 0 Å². The van der Waals surface area contributed by atoms with Crippen LogP contribution in [0.1, 0.15) is 23.5 Å². The van der Waals surface area contributed by atoms with Crippen molar-refractivity contribution in [3.8, 4) is 17.6 Å². The fourth-order valence-corrected chi connectivity index (χ4v) is 3.14. The molecule has 1 aromatic heterocycles. The fraction of sp³-hybridized carbons (Fsp3) is 0.421. The van der Waals surface area contributed by atoms with E-state index in [1.54, 1.807) is 20.3 Å². The average molecular weight is 341 g/mol. The van der Waals surface area contributed by atoms with Gasteiger partial charge in [0.25, 0.3) is 0 Å². The predicted octanol–water partition coefficient (Wildman–Crippen LogP) is 2.53. The van der Waals surface area contributed by atoms with Crippen LogP contribution in [0.5, 0.6) is 11.5 Å². The molecule has 0 spiro atoms. The number of nitriles is 1. The zero-order valence-corrected chi connectivity index (χ0v) is 14.6. The largest absolute Gasteiger partial charge is 0.497 e. The highest BCUT2D eigenvalue weighted by Gasteiger charge is 2.22. The summed E-state index contributed by atoms with van der Waals surface area (Å²) < 4.78 is 16.1. The zero-order valence-electron chi connectivity index (χ0n) is 14.6. The van der Waals surface area contributed by atoms with Gasteiger partial charge in [0.2, 0.25) is 5.76 Å². The molecule has 0 aliphatic carbocycles. The van der Waals surface area contributed by atoms with E-state index in [9.17, 15) is 0 Å². The van der Waals surface area contributed by atoms with Gasteiger partial charge in [0.15, 0.2) is 0 Å². The first-order valence-corrected chi connectivity index (χ1v) is 8.36. The second-order valence-electron chi connectivity index (χ2n) is 6.20. The van der Waals surface area contributed by atoms with Crippen LogP contribution in [0.25, 0.3) is 0 Å². The van der Waals surface area contributed by atoms with Crippen molar-refractivity contribution < 1.29 is 13.9 Å². The van der Waals surface area contributed by atoms with E-state index in [1.807, 2.05) is 18.2 Å². The van der Waals surface area contributed by atoms with E-state index in [0.717, 1.165) is 43.3 Å². The molecule has 1 aromatic carbocycles. The van der Waals surface area contributed by atoms with Gasteiger partial charge < -0.3 is 19.2 Å². The molecule has 1 aliphatic heterocycles. The standard InChI is InChI=1S/C19H23N3O3/c1-23-18-7-14(8-19(9-18)24-2)12-22-6-5-15(13-22)21-11-17-4-3-16(10-20)25-17/h3-4,7-9,15,21H,5-6,11-13H2,1-2H3. The summed E-state index contributed by atoms with van der Waals surface area (Å²) in [6.07, 6.45) is 1.09. The van der Waals surface area contributed by atoms with E-state index in [0.29, 0.717) is 18.3 Å². The topological polar surface area (TPSA) is 70.7 Å². The van der Waals surface area contributed by atoms with Crippen molar-refractivity contribution in [2.45, 2.75) is 25.6 Å². The van der Waals surface area contributed by atoms with Crippen LogP contribution in [0.3, 0.4) is 0 Å². The Morgan fingerprint density at radius 2 is 2.00 bits per heavy atom. The first-order chi connectivity index (χ1) is 12.2. The Morgan fingerprint density at radius 1 is 1.24 bits per heavy atom. The number of nitrogens with zero attached hydrogens (tertiary/aromatic N) is 2. The molecule has 0 bridgehead atoms. The van der Waals surface area contributed by atoms with Crippen LogP contribution in [-0.4, -0.2) is 38.3 Å². The summed E-state index contributed by atoms with van der Waals surface area (Å²) in [7, 11) is 3.33. The molecule has 1 atom stereocenters. The minimum absolute atomic E-state index is 0.358. The highest BCUT2D eigenvalue weighted by Crippen LogP contribution is 2.24. The second kappa shape index (κ2) is 8.06. The van der Waals surface area contributed by atoms with E-state index < -0.39 is 0 Å². The molecule has 2 aromatic rings. The zero-order chi connectivity index (χ0) is 17.6. The molecule has 1 fully saturated rings. The van der Waals surface area contributed by atoms with Gasteiger partial charge in [-0.15, -0.1) is 0 Å². The van der Waals surface area contributed by atoms with Crippen molar-refractivity contribution in [3.05, 3.63) is 47.4 Å². The molecule has 6 heteroatoms. The van der Waals surface area contributed by atoms with Gasteiger partial charge in [-0.2, -0.15) is 5.26 Å². The molecule has 1 aliphatic rings. The Bertz CT molecular complexity index is 728. The molecule has 1 unspecified atom stereocenters. The van der Waals surface area contributed by atoms with E-state index in [4.69, 9.17) is 19.2 Å². The number of hydrogen-bond donors (Lipinski definition) is 1. The molecule has 6 nitrogen and oxygen atoms in total. The summed E-state index contributed by atoms with van der Waals surface area (Å²) >= 11 is 0. The number of hydrogen-bond acceptors (Lipinski definition) is 6. The van der Waals surface area contributed by atoms with Gasteiger partial charge in [0.05, 0.1) is 20.8 Å². The summed E-state index contributed by atoms with van der Waals surface area (Å²) in [5, 5.41) is 12.3. The van der Waals surface area contributed by atoms with E-state index >= 15 is 0 Å². The van der Waals surface area contributed by atoms with Crippen molar-refractivity contribution >= 4 is 0 Å². The number of likely N-dealkylation sites (tertiary alicyclic amines) is 1. The second-order valence-corrected chi connectivity index (χ2v) is 6.20. The summed E-state index contributed by atoms with van der Waals surface area (Å²) in [5.41, 5.74) is 1.18. The quantitative estimate of drug-likeness (QED) is 0.834. The van der Waals surface area contributed by atoms with E-state index in [2.05, 4.69) is 22.3 Å².